The molecule has 1 heterocycles. The van der Waals surface area contributed by atoms with Crippen LogP contribution < -0.4 is 0 Å². The van der Waals surface area contributed by atoms with Crippen molar-refractivity contribution in [1.82, 2.24) is 9.80 Å². The molecule has 0 bridgehead atoms. The maximum absolute atomic E-state index is 10.7. The summed E-state index contributed by atoms with van der Waals surface area (Å²) in [5, 5.41) is 0. The fourth-order valence-electron chi connectivity index (χ4n) is 2.58. The lowest BCUT2D eigenvalue weighted by Gasteiger charge is -2.36. The number of hydrogen-bond donors (Lipinski definition) is 0. The third-order valence-electron chi connectivity index (χ3n) is 3.96. The Morgan fingerprint density at radius 2 is 1.75 bits per heavy atom. The van der Waals surface area contributed by atoms with Crippen molar-refractivity contribution in [2.45, 2.75) is 31.3 Å². The lowest BCUT2D eigenvalue weighted by Crippen LogP contribution is -2.48. The van der Waals surface area contributed by atoms with Crippen LogP contribution in [0.2, 0.25) is 0 Å². The van der Waals surface area contributed by atoms with Crippen LogP contribution in [0.3, 0.4) is 0 Å². The van der Waals surface area contributed by atoms with Gasteiger partial charge in [0.1, 0.15) is 6.29 Å². The highest BCUT2D eigenvalue weighted by atomic mass is 79.9. The third kappa shape index (κ3) is 4.14. The van der Waals surface area contributed by atoms with E-state index in [1.54, 1.807) is 0 Å². The van der Waals surface area contributed by atoms with E-state index in [2.05, 4.69) is 51.7 Å². The summed E-state index contributed by atoms with van der Waals surface area (Å²) in [5.41, 5.74) is 2.34. The highest BCUT2D eigenvalue weighted by Gasteiger charge is 2.18. The predicted octanol–water partition coefficient (Wildman–Crippen LogP) is 2.85. The summed E-state index contributed by atoms with van der Waals surface area (Å²) in [7, 11) is 0. The van der Waals surface area contributed by atoms with E-state index in [0.717, 1.165) is 44.6 Å². The van der Waals surface area contributed by atoms with E-state index in [4.69, 9.17) is 0 Å². The van der Waals surface area contributed by atoms with Gasteiger partial charge in [-0.05, 0) is 25.0 Å². The summed E-state index contributed by atoms with van der Waals surface area (Å²) in [6, 6.07) is 8.97. The molecule has 0 radical (unpaired) electrons. The molecular weight excluding hydrogens is 316 g/mol. The second kappa shape index (κ2) is 7.34. The fraction of sp³-hybridized carbons (Fsp3) is 0.562. The van der Waals surface area contributed by atoms with Gasteiger partial charge in [-0.25, -0.2) is 0 Å². The predicted molar refractivity (Wildman–Crippen MR) is 86.2 cm³/mol. The van der Waals surface area contributed by atoms with Crippen LogP contribution in [0.15, 0.2) is 24.3 Å². The van der Waals surface area contributed by atoms with E-state index < -0.39 is 0 Å². The van der Waals surface area contributed by atoms with Crippen LogP contribution >= 0.6 is 15.9 Å². The molecule has 1 aromatic carbocycles. The van der Waals surface area contributed by atoms with Crippen LogP contribution in [-0.2, 0) is 11.3 Å². The van der Waals surface area contributed by atoms with E-state index in [1.807, 2.05) is 12.1 Å². The molecule has 0 aliphatic carbocycles. The first-order chi connectivity index (χ1) is 9.60. The molecule has 0 saturated carbocycles. The Hall–Kier alpha value is -0.710. The zero-order valence-corrected chi connectivity index (χ0v) is 13.8. The molecule has 1 aliphatic rings. The number of carbonyl (C=O) groups excluding carboxylic acids is 1. The number of piperazine rings is 1. The van der Waals surface area contributed by atoms with Gasteiger partial charge in [-0.1, -0.05) is 40.2 Å². The van der Waals surface area contributed by atoms with Crippen LogP contribution in [0.1, 0.15) is 29.8 Å². The first kappa shape index (κ1) is 15.7. The number of rotatable bonds is 5. The van der Waals surface area contributed by atoms with Gasteiger partial charge in [0.05, 0.1) is 4.83 Å². The number of alkyl halides is 1. The third-order valence-corrected chi connectivity index (χ3v) is 4.71. The minimum atomic E-state index is -0.189. The fourth-order valence-corrected chi connectivity index (χ4v) is 2.89. The molecule has 0 amide bonds. The lowest BCUT2D eigenvalue weighted by molar-refractivity contribution is -0.107. The van der Waals surface area contributed by atoms with Crippen molar-refractivity contribution in [2.24, 2.45) is 0 Å². The minimum Gasteiger partial charge on any atom is -0.302 e. The standard InChI is InChI=1S/C16H23BrN2O/c1-13(2)19-9-7-18(8-10-19)11-14-3-5-15(6-4-14)16(17)12-20/h3-6,12-13,16H,7-11H2,1-2H3. The normalized spacial score (nSPS) is 19.2. The van der Waals surface area contributed by atoms with Gasteiger partial charge in [0, 0.05) is 38.8 Å². The Kier molecular flexibility index (Phi) is 5.75. The molecule has 1 saturated heterocycles. The lowest BCUT2D eigenvalue weighted by atomic mass is 10.1. The Labute approximate surface area is 130 Å². The average molecular weight is 339 g/mol. The van der Waals surface area contributed by atoms with Gasteiger partial charge in [0.25, 0.3) is 0 Å². The van der Waals surface area contributed by atoms with Crippen molar-refractivity contribution in [2.75, 3.05) is 26.2 Å². The summed E-state index contributed by atoms with van der Waals surface area (Å²) in [6.07, 6.45) is 0.917. The highest BCUT2D eigenvalue weighted by molar-refractivity contribution is 9.09. The van der Waals surface area contributed by atoms with E-state index >= 15 is 0 Å². The Bertz CT molecular complexity index is 425. The van der Waals surface area contributed by atoms with E-state index in [1.165, 1.54) is 5.56 Å². The molecule has 110 valence electrons. The molecule has 3 nitrogen and oxygen atoms in total. The first-order valence-corrected chi connectivity index (χ1v) is 8.16. The summed E-state index contributed by atoms with van der Waals surface area (Å²) in [6.45, 7) is 10.1. The summed E-state index contributed by atoms with van der Waals surface area (Å²) < 4.78 is 0. The van der Waals surface area contributed by atoms with Gasteiger partial charge in [0.2, 0.25) is 0 Å². The number of hydrogen-bond acceptors (Lipinski definition) is 3. The molecule has 1 unspecified atom stereocenters. The zero-order valence-electron chi connectivity index (χ0n) is 12.3. The van der Waals surface area contributed by atoms with E-state index in [9.17, 15) is 4.79 Å². The zero-order chi connectivity index (χ0) is 14.5. The van der Waals surface area contributed by atoms with Crippen LogP contribution in [0.4, 0.5) is 0 Å². The van der Waals surface area contributed by atoms with Crippen LogP contribution in [-0.4, -0.2) is 48.3 Å². The van der Waals surface area contributed by atoms with Crippen LogP contribution in [0.25, 0.3) is 0 Å². The molecule has 1 atom stereocenters. The number of halogens is 1. The second-order valence-electron chi connectivity index (χ2n) is 5.69. The van der Waals surface area contributed by atoms with Crippen molar-refractivity contribution in [1.29, 1.82) is 0 Å². The summed E-state index contributed by atoms with van der Waals surface area (Å²) in [5.74, 6) is 0. The van der Waals surface area contributed by atoms with Crippen molar-refractivity contribution >= 4 is 22.2 Å². The Balaban J connectivity index is 1.87. The van der Waals surface area contributed by atoms with E-state index in [-0.39, 0.29) is 4.83 Å². The van der Waals surface area contributed by atoms with Crippen molar-refractivity contribution in [3.63, 3.8) is 0 Å². The molecule has 1 fully saturated rings. The number of benzene rings is 1. The Morgan fingerprint density at radius 3 is 2.25 bits per heavy atom. The monoisotopic (exact) mass is 338 g/mol. The number of carbonyl (C=O) groups is 1. The first-order valence-electron chi connectivity index (χ1n) is 7.24. The molecule has 0 aromatic heterocycles. The maximum atomic E-state index is 10.7. The van der Waals surface area contributed by atoms with Gasteiger partial charge in [-0.2, -0.15) is 0 Å². The molecule has 4 heteroatoms. The van der Waals surface area contributed by atoms with Crippen molar-refractivity contribution in [3.05, 3.63) is 35.4 Å². The van der Waals surface area contributed by atoms with Crippen LogP contribution in [0, 0.1) is 0 Å². The SMILES string of the molecule is CC(C)N1CCN(Cc2ccc(C(Br)C=O)cc2)CC1. The van der Waals surface area contributed by atoms with Gasteiger partial charge in [-0.3, -0.25) is 9.80 Å². The quantitative estimate of drug-likeness (QED) is 0.609. The second-order valence-corrected chi connectivity index (χ2v) is 6.67. The highest BCUT2D eigenvalue weighted by Crippen LogP contribution is 2.21. The maximum Gasteiger partial charge on any atom is 0.138 e. The van der Waals surface area contributed by atoms with Crippen molar-refractivity contribution in [3.8, 4) is 0 Å². The molecular formula is C16H23BrN2O. The molecule has 1 aromatic rings. The minimum absolute atomic E-state index is 0.189. The number of nitrogens with zero attached hydrogens (tertiary/aromatic N) is 2. The molecule has 0 spiro atoms. The van der Waals surface area contributed by atoms with Gasteiger partial charge >= 0.3 is 0 Å². The molecule has 1 aliphatic heterocycles. The topological polar surface area (TPSA) is 23.6 Å². The largest absolute Gasteiger partial charge is 0.302 e. The average Bonchev–Trinajstić information content (AvgIpc) is 2.48. The van der Waals surface area contributed by atoms with Crippen LogP contribution in [0.5, 0.6) is 0 Å². The number of aldehydes is 1. The smallest absolute Gasteiger partial charge is 0.138 e. The Morgan fingerprint density at radius 1 is 1.15 bits per heavy atom. The molecule has 20 heavy (non-hydrogen) atoms. The van der Waals surface area contributed by atoms with Gasteiger partial charge in [0.15, 0.2) is 0 Å². The summed E-state index contributed by atoms with van der Waals surface area (Å²) in [4.78, 5) is 15.6. The van der Waals surface area contributed by atoms with E-state index in [0.29, 0.717) is 6.04 Å². The van der Waals surface area contributed by atoms with Gasteiger partial charge < -0.3 is 4.79 Å². The molecule has 2 rings (SSSR count). The van der Waals surface area contributed by atoms with Crippen molar-refractivity contribution < 1.29 is 4.79 Å². The molecule has 0 N–H and O–H groups in total. The summed E-state index contributed by atoms with van der Waals surface area (Å²) >= 11 is 3.34. The van der Waals surface area contributed by atoms with Gasteiger partial charge in [-0.15, -0.1) is 0 Å².